The summed E-state index contributed by atoms with van der Waals surface area (Å²) < 4.78 is 0. The fraction of sp³-hybridized carbons (Fsp3) is 0.714. The molecular formula is C7H12N2O2S. The Morgan fingerprint density at radius 3 is 2.67 bits per heavy atom. The molecule has 0 spiro atoms. The predicted molar refractivity (Wildman–Crippen MR) is 48.2 cm³/mol. The van der Waals surface area contributed by atoms with Crippen LogP contribution in [0.15, 0.2) is 0 Å². The van der Waals surface area contributed by atoms with E-state index in [-0.39, 0.29) is 18.0 Å². The van der Waals surface area contributed by atoms with E-state index in [9.17, 15) is 9.59 Å². The third-order valence-electron chi connectivity index (χ3n) is 1.84. The molecule has 1 heterocycles. The molecule has 12 heavy (non-hydrogen) atoms. The smallest absolute Gasteiger partial charge is 0.326 e. The molecule has 1 unspecified atom stereocenters. The van der Waals surface area contributed by atoms with Gasteiger partial charge in [-0.3, -0.25) is 9.69 Å². The first-order chi connectivity index (χ1) is 5.57. The highest BCUT2D eigenvalue weighted by molar-refractivity contribution is 7.80. The van der Waals surface area contributed by atoms with Crippen molar-refractivity contribution in [3.05, 3.63) is 0 Å². The minimum absolute atomic E-state index is 0.00395. The van der Waals surface area contributed by atoms with Gasteiger partial charge in [0.25, 0.3) is 0 Å². The molecule has 1 rings (SSSR count). The fourth-order valence-corrected chi connectivity index (χ4v) is 1.40. The van der Waals surface area contributed by atoms with E-state index < -0.39 is 0 Å². The number of carbonyl (C=O) groups is 2. The lowest BCUT2D eigenvalue weighted by atomic mass is 10.1. The Morgan fingerprint density at radius 2 is 2.33 bits per heavy atom. The first-order valence-corrected chi connectivity index (χ1v) is 4.35. The number of hydrogen-bond donors (Lipinski definition) is 1. The van der Waals surface area contributed by atoms with Crippen LogP contribution in [0.5, 0.6) is 0 Å². The molecule has 1 aliphatic heterocycles. The van der Waals surface area contributed by atoms with E-state index in [1.165, 1.54) is 9.80 Å². The number of likely N-dealkylation sites (tertiary alicyclic amines) is 1. The highest BCUT2D eigenvalue weighted by Gasteiger charge is 2.40. The zero-order chi connectivity index (χ0) is 9.30. The van der Waals surface area contributed by atoms with Gasteiger partial charge >= 0.3 is 6.03 Å². The van der Waals surface area contributed by atoms with Crippen LogP contribution in [-0.4, -0.2) is 47.6 Å². The SMILES string of the molecule is CN(C)C(=O)N1C(=O)CC1CS. The second-order valence-corrected chi connectivity index (χ2v) is 3.35. The predicted octanol–water partition coefficient (Wildman–Crippen LogP) is 0.199. The van der Waals surface area contributed by atoms with Gasteiger partial charge in [0.05, 0.1) is 6.04 Å². The summed E-state index contributed by atoms with van der Waals surface area (Å²) in [6.07, 6.45) is 0.448. The summed E-state index contributed by atoms with van der Waals surface area (Å²) in [5.74, 6) is 0.443. The molecule has 4 nitrogen and oxygen atoms in total. The lowest BCUT2D eigenvalue weighted by Crippen LogP contribution is -2.59. The summed E-state index contributed by atoms with van der Waals surface area (Å²) in [7, 11) is 3.26. The summed E-state index contributed by atoms with van der Waals surface area (Å²) >= 11 is 4.05. The number of β-lactam (4-membered cyclic amide) rings is 1. The van der Waals surface area contributed by atoms with Gasteiger partial charge < -0.3 is 4.90 Å². The number of hydrogen-bond acceptors (Lipinski definition) is 3. The number of nitrogens with zero attached hydrogens (tertiary/aromatic N) is 2. The molecule has 0 saturated carbocycles. The second kappa shape index (κ2) is 3.35. The van der Waals surface area contributed by atoms with Gasteiger partial charge in [-0.15, -0.1) is 0 Å². The molecular weight excluding hydrogens is 176 g/mol. The molecule has 1 atom stereocenters. The average molecular weight is 188 g/mol. The van der Waals surface area contributed by atoms with Gasteiger partial charge in [-0.1, -0.05) is 0 Å². The zero-order valence-corrected chi connectivity index (χ0v) is 8.04. The molecule has 0 aromatic heterocycles. The third kappa shape index (κ3) is 1.41. The topological polar surface area (TPSA) is 40.6 Å². The minimum atomic E-state index is -0.245. The largest absolute Gasteiger partial charge is 0.330 e. The van der Waals surface area contributed by atoms with Gasteiger partial charge in [-0.2, -0.15) is 12.6 Å². The van der Waals surface area contributed by atoms with E-state index >= 15 is 0 Å². The highest BCUT2D eigenvalue weighted by Crippen LogP contribution is 2.21. The molecule has 5 heteroatoms. The Hall–Kier alpha value is -0.710. The number of urea groups is 1. The molecule has 68 valence electrons. The maximum absolute atomic E-state index is 11.3. The molecule has 0 bridgehead atoms. The Morgan fingerprint density at radius 1 is 1.75 bits per heavy atom. The van der Waals surface area contributed by atoms with Gasteiger partial charge in [0.1, 0.15) is 0 Å². The molecule has 1 saturated heterocycles. The number of amides is 3. The van der Waals surface area contributed by atoms with Gasteiger partial charge in [0.15, 0.2) is 0 Å². The maximum Gasteiger partial charge on any atom is 0.326 e. The Kier molecular flexibility index (Phi) is 2.62. The number of carbonyl (C=O) groups excluding carboxylic acids is 2. The Labute approximate surface area is 76.9 Å². The number of imide groups is 1. The van der Waals surface area contributed by atoms with E-state index in [2.05, 4.69) is 12.6 Å². The zero-order valence-electron chi connectivity index (χ0n) is 7.15. The van der Waals surface area contributed by atoms with Crippen molar-refractivity contribution in [2.24, 2.45) is 0 Å². The van der Waals surface area contributed by atoms with Crippen molar-refractivity contribution >= 4 is 24.6 Å². The van der Waals surface area contributed by atoms with Crippen LogP contribution in [0.2, 0.25) is 0 Å². The third-order valence-corrected chi connectivity index (χ3v) is 2.26. The molecule has 3 amide bonds. The monoisotopic (exact) mass is 188 g/mol. The quantitative estimate of drug-likeness (QED) is 0.471. The van der Waals surface area contributed by atoms with E-state index in [1.807, 2.05) is 0 Å². The summed E-state index contributed by atoms with van der Waals surface area (Å²) in [4.78, 5) is 24.9. The van der Waals surface area contributed by atoms with Crippen molar-refractivity contribution in [2.75, 3.05) is 19.8 Å². The lowest BCUT2D eigenvalue weighted by Gasteiger charge is -2.38. The van der Waals surface area contributed by atoms with Gasteiger partial charge in [0.2, 0.25) is 5.91 Å². The Balaban J connectivity index is 2.61. The van der Waals surface area contributed by atoms with E-state index in [1.54, 1.807) is 14.1 Å². The van der Waals surface area contributed by atoms with Crippen molar-refractivity contribution in [3.8, 4) is 0 Å². The Bertz CT molecular complexity index is 217. The normalized spacial score (nSPS) is 22.1. The first-order valence-electron chi connectivity index (χ1n) is 3.72. The summed E-state index contributed by atoms with van der Waals surface area (Å²) in [5, 5.41) is 0. The van der Waals surface area contributed by atoms with Crippen molar-refractivity contribution in [3.63, 3.8) is 0 Å². The van der Waals surface area contributed by atoms with E-state index in [0.29, 0.717) is 12.2 Å². The van der Waals surface area contributed by atoms with Gasteiger partial charge in [-0.25, -0.2) is 4.79 Å². The van der Waals surface area contributed by atoms with Gasteiger partial charge in [-0.05, 0) is 0 Å². The van der Waals surface area contributed by atoms with Gasteiger partial charge in [0, 0.05) is 26.3 Å². The standard InChI is InChI=1S/C7H12N2O2S/c1-8(2)7(11)9-5(4-12)3-6(9)10/h5,12H,3-4H2,1-2H3. The van der Waals surface area contributed by atoms with Crippen molar-refractivity contribution < 1.29 is 9.59 Å². The van der Waals surface area contributed by atoms with Crippen molar-refractivity contribution in [1.29, 1.82) is 0 Å². The van der Waals surface area contributed by atoms with Crippen LogP contribution in [-0.2, 0) is 4.79 Å². The average Bonchev–Trinajstić information content (AvgIpc) is 1.99. The highest BCUT2D eigenvalue weighted by atomic mass is 32.1. The van der Waals surface area contributed by atoms with Crippen molar-refractivity contribution in [1.82, 2.24) is 9.80 Å². The molecule has 0 radical (unpaired) electrons. The summed E-state index contributed by atoms with van der Waals surface area (Å²) in [6.45, 7) is 0. The molecule has 0 N–H and O–H groups in total. The minimum Gasteiger partial charge on any atom is -0.330 e. The second-order valence-electron chi connectivity index (χ2n) is 2.98. The van der Waals surface area contributed by atoms with Crippen LogP contribution >= 0.6 is 12.6 Å². The lowest BCUT2D eigenvalue weighted by molar-refractivity contribution is -0.140. The maximum atomic E-state index is 11.3. The van der Waals surface area contributed by atoms with E-state index in [0.717, 1.165) is 0 Å². The summed E-state index contributed by atoms with van der Waals surface area (Å²) in [6, 6.07) is -0.249. The van der Waals surface area contributed by atoms with Crippen LogP contribution in [0.25, 0.3) is 0 Å². The fourth-order valence-electron chi connectivity index (χ4n) is 1.11. The van der Waals surface area contributed by atoms with Crippen LogP contribution in [0, 0.1) is 0 Å². The molecule has 0 aromatic carbocycles. The molecule has 1 fully saturated rings. The van der Waals surface area contributed by atoms with Crippen LogP contribution in [0.3, 0.4) is 0 Å². The van der Waals surface area contributed by atoms with Crippen LogP contribution in [0.4, 0.5) is 4.79 Å². The van der Waals surface area contributed by atoms with Crippen molar-refractivity contribution in [2.45, 2.75) is 12.5 Å². The molecule has 0 aromatic rings. The van der Waals surface area contributed by atoms with Crippen LogP contribution < -0.4 is 0 Å². The number of thiol groups is 1. The van der Waals surface area contributed by atoms with E-state index in [4.69, 9.17) is 0 Å². The number of rotatable bonds is 1. The molecule has 1 aliphatic rings. The first kappa shape index (κ1) is 9.38. The summed E-state index contributed by atoms with van der Waals surface area (Å²) in [5.41, 5.74) is 0. The molecule has 0 aliphatic carbocycles. The van der Waals surface area contributed by atoms with Crippen LogP contribution in [0.1, 0.15) is 6.42 Å².